The van der Waals surface area contributed by atoms with Crippen molar-refractivity contribution in [3.63, 3.8) is 0 Å². The van der Waals surface area contributed by atoms with E-state index in [4.69, 9.17) is 16.3 Å². The molecule has 2 saturated heterocycles. The van der Waals surface area contributed by atoms with Crippen LogP contribution in [0.4, 0.5) is 14.9 Å². The van der Waals surface area contributed by atoms with Crippen molar-refractivity contribution in [2.45, 2.75) is 37.6 Å². The fourth-order valence-electron chi connectivity index (χ4n) is 5.75. The van der Waals surface area contributed by atoms with E-state index in [2.05, 4.69) is 11.8 Å². The van der Waals surface area contributed by atoms with Gasteiger partial charge >= 0.3 is 6.09 Å². The van der Waals surface area contributed by atoms with Gasteiger partial charge in [0.15, 0.2) is 0 Å². The summed E-state index contributed by atoms with van der Waals surface area (Å²) in [6.45, 7) is 4.89. The molecule has 2 fully saturated rings. The summed E-state index contributed by atoms with van der Waals surface area (Å²) in [4.78, 5) is 32.6. The number of carbonyl (C=O) groups is 2. The van der Waals surface area contributed by atoms with Crippen LogP contribution in [0.3, 0.4) is 0 Å². The molecule has 3 aromatic carbocycles. The molecule has 39 heavy (non-hydrogen) atoms. The molecule has 3 aromatic rings. The summed E-state index contributed by atoms with van der Waals surface area (Å²) in [7, 11) is 1.67. The van der Waals surface area contributed by atoms with Gasteiger partial charge < -0.3 is 19.4 Å². The average Bonchev–Trinajstić information content (AvgIpc) is 3.32. The summed E-state index contributed by atoms with van der Waals surface area (Å²) in [5.74, 6) is -0.239. The third-order valence-electron chi connectivity index (χ3n) is 8.05. The lowest BCUT2D eigenvalue weighted by molar-refractivity contribution is 0.0776. The maximum absolute atomic E-state index is 13.7. The van der Waals surface area contributed by atoms with Gasteiger partial charge in [-0.2, -0.15) is 0 Å². The van der Waals surface area contributed by atoms with Crippen molar-refractivity contribution < 1.29 is 18.7 Å². The van der Waals surface area contributed by atoms with Crippen LogP contribution in [0.1, 0.15) is 42.1 Å². The number of anilines is 1. The highest BCUT2D eigenvalue weighted by Crippen LogP contribution is 2.38. The van der Waals surface area contributed by atoms with E-state index in [1.54, 1.807) is 11.9 Å². The highest BCUT2D eigenvalue weighted by molar-refractivity contribution is 6.30. The minimum absolute atomic E-state index is 0.0804. The molecule has 2 atom stereocenters. The second kappa shape index (κ2) is 11.3. The maximum Gasteiger partial charge on any atom is 0.415 e. The lowest BCUT2D eigenvalue weighted by Crippen LogP contribution is -2.50. The molecule has 2 unspecified atom stereocenters. The molecular formula is C31H33ClFN3O3. The number of amides is 2. The van der Waals surface area contributed by atoms with Crippen LogP contribution in [-0.4, -0.2) is 61.1 Å². The molecule has 2 aliphatic rings. The van der Waals surface area contributed by atoms with Crippen LogP contribution in [0.2, 0.25) is 5.02 Å². The van der Waals surface area contributed by atoms with Crippen molar-refractivity contribution >= 4 is 29.3 Å². The first-order valence-electron chi connectivity index (χ1n) is 13.4. The predicted molar refractivity (Wildman–Crippen MR) is 151 cm³/mol. The zero-order valence-corrected chi connectivity index (χ0v) is 23.0. The number of likely N-dealkylation sites (N-methyl/N-ethyl adjacent to an activating group) is 1. The maximum atomic E-state index is 13.7. The number of nitrogens with zero attached hydrogens (tertiary/aromatic N) is 3. The number of benzene rings is 3. The van der Waals surface area contributed by atoms with Gasteiger partial charge in [-0.15, -0.1) is 0 Å². The molecule has 2 aliphatic heterocycles. The quantitative estimate of drug-likeness (QED) is 0.370. The molecule has 8 heteroatoms. The molecule has 0 radical (unpaired) electrons. The van der Waals surface area contributed by atoms with E-state index in [9.17, 15) is 14.0 Å². The number of hydrogen-bond acceptors (Lipinski definition) is 4. The van der Waals surface area contributed by atoms with Crippen LogP contribution in [0, 0.1) is 5.82 Å². The number of piperidine rings is 1. The fraction of sp³-hybridized carbons (Fsp3) is 0.355. The Morgan fingerprint density at radius 1 is 0.949 bits per heavy atom. The van der Waals surface area contributed by atoms with E-state index in [1.807, 2.05) is 48.5 Å². The predicted octanol–water partition coefficient (Wildman–Crippen LogP) is 6.38. The Bertz CT molecular complexity index is 1310. The fourth-order valence-corrected chi connectivity index (χ4v) is 5.87. The number of carbonyl (C=O) groups excluding carboxylic acids is 2. The molecule has 0 spiro atoms. The molecule has 2 amide bonds. The molecule has 0 bridgehead atoms. The standard InChI is InChI=1S/C31H33ClFN3O3/c1-31(23-8-10-24(32)11-9-23)21-36(20-28(31)34(2)30(38)39-27-16-12-25(33)13-17-27)29(37)22-6-14-26(15-7-22)35-18-4-3-5-19-35/h6-17,28H,3-5,18-21H2,1-2H3. The highest BCUT2D eigenvalue weighted by atomic mass is 35.5. The van der Waals surface area contributed by atoms with Gasteiger partial charge in [0.2, 0.25) is 0 Å². The molecule has 2 heterocycles. The first kappa shape index (κ1) is 27.0. The van der Waals surface area contributed by atoms with E-state index in [0.29, 0.717) is 23.7 Å². The molecular weight excluding hydrogens is 517 g/mol. The molecule has 5 rings (SSSR count). The Kier molecular flexibility index (Phi) is 7.80. The van der Waals surface area contributed by atoms with Crippen LogP contribution >= 0.6 is 11.6 Å². The lowest BCUT2D eigenvalue weighted by atomic mass is 9.77. The Hall–Kier alpha value is -3.58. The van der Waals surface area contributed by atoms with Crippen molar-refractivity contribution in [2.24, 2.45) is 0 Å². The molecule has 204 valence electrons. The van der Waals surface area contributed by atoms with Crippen molar-refractivity contribution in [2.75, 3.05) is 38.1 Å². The lowest BCUT2D eigenvalue weighted by Gasteiger charge is -2.36. The van der Waals surface area contributed by atoms with Crippen LogP contribution in [0.25, 0.3) is 0 Å². The van der Waals surface area contributed by atoms with E-state index < -0.39 is 17.3 Å². The third kappa shape index (κ3) is 5.74. The van der Waals surface area contributed by atoms with Crippen LogP contribution in [-0.2, 0) is 5.41 Å². The smallest absolute Gasteiger partial charge is 0.410 e. The Morgan fingerprint density at radius 3 is 2.23 bits per heavy atom. The molecule has 6 nitrogen and oxygen atoms in total. The van der Waals surface area contributed by atoms with Crippen molar-refractivity contribution in [1.29, 1.82) is 0 Å². The third-order valence-corrected chi connectivity index (χ3v) is 8.30. The minimum Gasteiger partial charge on any atom is -0.410 e. The number of hydrogen-bond donors (Lipinski definition) is 0. The zero-order valence-electron chi connectivity index (χ0n) is 22.3. The van der Waals surface area contributed by atoms with E-state index in [0.717, 1.165) is 24.3 Å². The second-order valence-corrected chi connectivity index (χ2v) is 11.1. The van der Waals surface area contributed by atoms with Crippen molar-refractivity contribution in [1.82, 2.24) is 9.80 Å². The summed E-state index contributed by atoms with van der Waals surface area (Å²) in [6.07, 6.45) is 3.07. The average molecular weight is 550 g/mol. The Morgan fingerprint density at radius 2 is 1.59 bits per heavy atom. The molecule has 0 aliphatic carbocycles. The van der Waals surface area contributed by atoms with Crippen LogP contribution in [0.15, 0.2) is 72.8 Å². The van der Waals surface area contributed by atoms with E-state index in [-0.39, 0.29) is 17.7 Å². The number of likely N-dealkylation sites (tertiary alicyclic amines) is 1. The first-order chi connectivity index (χ1) is 18.7. The first-order valence-corrected chi connectivity index (χ1v) is 13.7. The largest absolute Gasteiger partial charge is 0.415 e. The van der Waals surface area contributed by atoms with Crippen molar-refractivity contribution in [3.8, 4) is 5.75 Å². The zero-order chi connectivity index (χ0) is 27.6. The highest BCUT2D eigenvalue weighted by Gasteiger charge is 2.49. The normalized spacial score (nSPS) is 21.1. The summed E-state index contributed by atoms with van der Waals surface area (Å²) in [5, 5.41) is 0.614. The second-order valence-electron chi connectivity index (χ2n) is 10.7. The number of rotatable bonds is 5. The van der Waals surface area contributed by atoms with Crippen molar-refractivity contribution in [3.05, 3.63) is 94.8 Å². The van der Waals surface area contributed by atoms with Gasteiger partial charge in [0.05, 0.1) is 6.04 Å². The van der Waals surface area contributed by atoms with Gasteiger partial charge in [-0.3, -0.25) is 4.79 Å². The van der Waals surface area contributed by atoms with Gasteiger partial charge in [-0.05, 0) is 85.5 Å². The minimum atomic E-state index is -0.579. The summed E-state index contributed by atoms with van der Waals surface area (Å²) in [6, 6.07) is 20.3. The Balaban J connectivity index is 1.38. The van der Waals surface area contributed by atoms with Gasteiger partial charge in [0.25, 0.3) is 5.91 Å². The monoisotopic (exact) mass is 549 g/mol. The molecule has 0 N–H and O–H groups in total. The van der Waals surface area contributed by atoms with Crippen LogP contribution in [0.5, 0.6) is 5.75 Å². The summed E-state index contributed by atoms with van der Waals surface area (Å²) < 4.78 is 18.9. The van der Waals surface area contributed by atoms with Gasteiger partial charge in [-0.1, -0.05) is 30.7 Å². The SMILES string of the molecule is CN(C(=O)Oc1ccc(F)cc1)C1CN(C(=O)c2ccc(N3CCCCC3)cc2)CC1(C)c1ccc(Cl)cc1. The number of ether oxygens (including phenoxy) is 1. The van der Waals surface area contributed by atoms with E-state index >= 15 is 0 Å². The topological polar surface area (TPSA) is 53.1 Å². The number of halogens is 2. The van der Waals surface area contributed by atoms with Gasteiger partial charge in [0, 0.05) is 54.9 Å². The summed E-state index contributed by atoms with van der Waals surface area (Å²) in [5.41, 5.74) is 2.14. The van der Waals surface area contributed by atoms with E-state index in [1.165, 1.54) is 48.4 Å². The summed E-state index contributed by atoms with van der Waals surface area (Å²) >= 11 is 6.16. The van der Waals surface area contributed by atoms with Gasteiger partial charge in [0.1, 0.15) is 11.6 Å². The van der Waals surface area contributed by atoms with Crippen LogP contribution < -0.4 is 9.64 Å². The van der Waals surface area contributed by atoms with Gasteiger partial charge in [-0.25, -0.2) is 9.18 Å². The Labute approximate surface area is 233 Å². The molecule has 0 saturated carbocycles. The molecule has 0 aromatic heterocycles.